The van der Waals surface area contributed by atoms with Crippen molar-refractivity contribution in [2.24, 2.45) is 5.41 Å². The highest BCUT2D eigenvalue weighted by Crippen LogP contribution is 2.66. The molecule has 0 radical (unpaired) electrons. The molecule has 3 unspecified atom stereocenters. The fourth-order valence-corrected chi connectivity index (χ4v) is 4.24. The molecule has 0 aromatic rings. The molecule has 1 aliphatic carbocycles. The van der Waals surface area contributed by atoms with Crippen LogP contribution in [-0.2, 0) is 9.53 Å². The Kier molecular flexibility index (Phi) is 6.84. The van der Waals surface area contributed by atoms with Gasteiger partial charge < -0.3 is 9.84 Å². The Morgan fingerprint density at radius 2 is 1.46 bits per heavy atom. The molecule has 2 aliphatic rings. The average molecular weight is 383 g/mol. The van der Waals surface area contributed by atoms with Gasteiger partial charge in [0, 0.05) is 11.8 Å². The van der Waals surface area contributed by atoms with Gasteiger partial charge in [-0.3, -0.25) is 4.79 Å². The van der Waals surface area contributed by atoms with Crippen LogP contribution in [0.25, 0.3) is 0 Å². The molecule has 3 nitrogen and oxygen atoms in total. The second-order valence-corrected chi connectivity index (χ2v) is 8.94. The SMILES string of the molecule is C\C(C=O)=C/C=C/C=C(C)/C=C/C=C(C)/C=C/C12OC1(C)CC(O)CC2(C)C. The zero-order chi connectivity index (χ0) is 21.0. The van der Waals surface area contributed by atoms with E-state index in [1.54, 1.807) is 13.0 Å². The Balaban J connectivity index is 1.99. The lowest BCUT2D eigenvalue weighted by Crippen LogP contribution is -2.46. The lowest BCUT2D eigenvalue weighted by Gasteiger charge is -2.39. The van der Waals surface area contributed by atoms with E-state index >= 15 is 0 Å². The van der Waals surface area contributed by atoms with Crippen LogP contribution < -0.4 is 0 Å². The summed E-state index contributed by atoms with van der Waals surface area (Å²) >= 11 is 0. The standard InChI is InChI=1S/C25H34O3/c1-19(10-7-8-11-21(3)18-26)12-9-13-20(2)14-15-25-23(4,5)16-22(27)17-24(25,6)28-25/h7-15,18,22,27H,16-17H2,1-6H3/b8-7+,12-9+,15-14+,19-10+,20-13+,21-11+. The van der Waals surface area contributed by atoms with Gasteiger partial charge in [0.2, 0.25) is 0 Å². The summed E-state index contributed by atoms with van der Waals surface area (Å²) in [5, 5.41) is 10.1. The number of hydrogen-bond acceptors (Lipinski definition) is 3. The van der Waals surface area contributed by atoms with E-state index in [2.05, 4.69) is 52.0 Å². The Labute approximate surface area is 169 Å². The third-order valence-corrected chi connectivity index (χ3v) is 5.82. The molecule has 28 heavy (non-hydrogen) atoms. The Bertz CT molecular complexity index is 776. The molecule has 3 atom stereocenters. The van der Waals surface area contributed by atoms with Gasteiger partial charge in [0.1, 0.15) is 17.5 Å². The molecule has 0 aromatic heterocycles. The summed E-state index contributed by atoms with van der Waals surface area (Å²) < 4.78 is 6.18. The molecule has 0 aromatic carbocycles. The van der Waals surface area contributed by atoms with Crippen molar-refractivity contribution in [3.8, 4) is 0 Å². The maximum Gasteiger partial charge on any atom is 0.145 e. The third kappa shape index (κ3) is 4.89. The summed E-state index contributed by atoms with van der Waals surface area (Å²) in [6.07, 6.45) is 20.1. The van der Waals surface area contributed by atoms with Crippen LogP contribution in [0.2, 0.25) is 0 Å². The number of allylic oxidation sites excluding steroid dienone is 11. The molecule has 0 spiro atoms. The van der Waals surface area contributed by atoms with Crippen molar-refractivity contribution in [2.45, 2.75) is 71.7 Å². The van der Waals surface area contributed by atoms with Crippen LogP contribution in [0.1, 0.15) is 54.4 Å². The van der Waals surface area contributed by atoms with Gasteiger partial charge in [0.15, 0.2) is 0 Å². The zero-order valence-electron chi connectivity index (χ0n) is 18.0. The largest absolute Gasteiger partial charge is 0.393 e. The molecule has 3 heteroatoms. The summed E-state index contributed by atoms with van der Waals surface area (Å²) in [7, 11) is 0. The van der Waals surface area contributed by atoms with Gasteiger partial charge in [0.25, 0.3) is 0 Å². The van der Waals surface area contributed by atoms with Gasteiger partial charge >= 0.3 is 0 Å². The molecule has 0 amide bonds. The van der Waals surface area contributed by atoms with E-state index in [1.807, 2.05) is 31.2 Å². The van der Waals surface area contributed by atoms with E-state index in [4.69, 9.17) is 4.74 Å². The topological polar surface area (TPSA) is 49.8 Å². The van der Waals surface area contributed by atoms with Crippen LogP contribution in [0.3, 0.4) is 0 Å². The first-order valence-corrected chi connectivity index (χ1v) is 9.95. The summed E-state index contributed by atoms with van der Waals surface area (Å²) in [4.78, 5) is 10.5. The fourth-order valence-electron chi connectivity index (χ4n) is 4.24. The van der Waals surface area contributed by atoms with Crippen molar-refractivity contribution in [3.05, 3.63) is 71.4 Å². The number of aldehydes is 1. The van der Waals surface area contributed by atoms with E-state index < -0.39 is 0 Å². The lowest BCUT2D eigenvalue weighted by molar-refractivity contribution is -0.104. The number of fused-ring (bicyclic) bond motifs is 1. The number of aliphatic hydroxyl groups excluding tert-OH is 1. The van der Waals surface area contributed by atoms with Gasteiger partial charge in [-0.2, -0.15) is 0 Å². The van der Waals surface area contributed by atoms with Gasteiger partial charge in [0.05, 0.1) is 6.10 Å². The third-order valence-electron chi connectivity index (χ3n) is 5.82. The summed E-state index contributed by atoms with van der Waals surface area (Å²) in [5.41, 5.74) is 2.34. The number of ether oxygens (including phenoxy) is 1. The van der Waals surface area contributed by atoms with Crippen molar-refractivity contribution in [2.75, 3.05) is 0 Å². The molecular weight excluding hydrogens is 348 g/mol. The van der Waals surface area contributed by atoms with Crippen molar-refractivity contribution in [3.63, 3.8) is 0 Å². The molecular formula is C25H34O3. The number of carbonyl (C=O) groups excluding carboxylic acids is 1. The van der Waals surface area contributed by atoms with Crippen LogP contribution >= 0.6 is 0 Å². The second-order valence-electron chi connectivity index (χ2n) is 8.94. The number of epoxide rings is 1. The van der Waals surface area contributed by atoms with E-state index in [-0.39, 0.29) is 22.7 Å². The van der Waals surface area contributed by atoms with E-state index in [1.165, 1.54) is 0 Å². The van der Waals surface area contributed by atoms with Crippen molar-refractivity contribution in [1.29, 1.82) is 0 Å². The molecule has 1 saturated carbocycles. The number of hydrogen-bond donors (Lipinski definition) is 1. The first-order valence-electron chi connectivity index (χ1n) is 9.95. The molecule has 1 saturated heterocycles. The van der Waals surface area contributed by atoms with Crippen molar-refractivity contribution in [1.82, 2.24) is 0 Å². The van der Waals surface area contributed by atoms with Crippen LogP contribution in [0, 0.1) is 5.41 Å². The quantitative estimate of drug-likeness (QED) is 0.277. The highest BCUT2D eigenvalue weighted by Gasteiger charge is 2.74. The Morgan fingerprint density at radius 1 is 0.893 bits per heavy atom. The predicted molar refractivity (Wildman–Crippen MR) is 116 cm³/mol. The number of rotatable bonds is 7. The van der Waals surface area contributed by atoms with Crippen LogP contribution in [0.15, 0.2) is 71.4 Å². The van der Waals surface area contributed by atoms with E-state index in [9.17, 15) is 9.90 Å². The monoisotopic (exact) mass is 382 g/mol. The molecule has 152 valence electrons. The fraction of sp³-hybridized carbons (Fsp3) is 0.480. The van der Waals surface area contributed by atoms with Crippen molar-refractivity contribution < 1.29 is 14.6 Å². The second kappa shape index (κ2) is 8.59. The lowest BCUT2D eigenvalue weighted by atomic mass is 9.63. The van der Waals surface area contributed by atoms with Crippen molar-refractivity contribution >= 4 is 6.29 Å². The highest BCUT2D eigenvalue weighted by molar-refractivity contribution is 5.72. The first kappa shape index (κ1) is 22.3. The summed E-state index contributed by atoms with van der Waals surface area (Å²) in [6.45, 7) is 12.4. The van der Waals surface area contributed by atoms with Crippen LogP contribution in [0.4, 0.5) is 0 Å². The minimum atomic E-state index is -0.287. The molecule has 2 fully saturated rings. The molecule has 1 aliphatic heterocycles. The average Bonchev–Trinajstić information content (AvgIpc) is 3.22. The number of aliphatic hydroxyl groups is 1. The van der Waals surface area contributed by atoms with E-state index in [0.29, 0.717) is 12.0 Å². The van der Waals surface area contributed by atoms with Crippen LogP contribution in [0.5, 0.6) is 0 Å². The maximum absolute atomic E-state index is 10.5. The molecule has 0 bridgehead atoms. The van der Waals surface area contributed by atoms with Gasteiger partial charge in [-0.05, 0) is 45.8 Å². The highest BCUT2D eigenvalue weighted by atomic mass is 16.6. The minimum Gasteiger partial charge on any atom is -0.393 e. The van der Waals surface area contributed by atoms with E-state index in [0.717, 1.165) is 23.9 Å². The Morgan fingerprint density at radius 3 is 2.07 bits per heavy atom. The Hall–Kier alpha value is -1.97. The maximum atomic E-state index is 10.5. The molecule has 1 N–H and O–H groups in total. The smallest absolute Gasteiger partial charge is 0.145 e. The summed E-state index contributed by atoms with van der Waals surface area (Å²) in [6, 6.07) is 0. The zero-order valence-corrected chi connectivity index (χ0v) is 18.0. The molecule has 2 rings (SSSR count). The van der Waals surface area contributed by atoms with Gasteiger partial charge in [-0.15, -0.1) is 0 Å². The normalized spacial score (nSPS) is 33.7. The van der Waals surface area contributed by atoms with Gasteiger partial charge in [-0.1, -0.05) is 73.6 Å². The van der Waals surface area contributed by atoms with Crippen LogP contribution in [-0.4, -0.2) is 28.7 Å². The minimum absolute atomic E-state index is 0.0889. The first-order chi connectivity index (χ1) is 13.1. The molecule has 1 heterocycles. The van der Waals surface area contributed by atoms with Gasteiger partial charge in [-0.25, -0.2) is 0 Å². The summed E-state index contributed by atoms with van der Waals surface area (Å²) in [5.74, 6) is 0. The number of carbonyl (C=O) groups is 1. The predicted octanol–water partition coefficient (Wildman–Crippen LogP) is 5.40.